The number of halogens is 2. The second kappa shape index (κ2) is 6.81. The molecule has 1 aliphatic rings. The van der Waals surface area contributed by atoms with Crippen LogP contribution in [0.1, 0.15) is 0 Å². The molecule has 0 radical (unpaired) electrons. The number of hydrogen-bond acceptors (Lipinski definition) is 6. The molecule has 112 valence electrons. The van der Waals surface area contributed by atoms with E-state index in [1.54, 1.807) is 18.2 Å². The molecule has 8 heteroatoms. The number of nitrogens with two attached hydrogens (primary N) is 1. The Morgan fingerprint density at radius 3 is 2.55 bits per heavy atom. The van der Waals surface area contributed by atoms with Crippen molar-refractivity contribution < 1.29 is 20.1 Å². The molecule has 1 heterocycles. The van der Waals surface area contributed by atoms with Crippen LogP contribution in [0, 0.1) is 0 Å². The zero-order valence-electron chi connectivity index (χ0n) is 10.3. The maximum Gasteiger partial charge on any atom is 0.135 e. The van der Waals surface area contributed by atoms with Crippen molar-refractivity contribution in [2.75, 3.05) is 6.61 Å². The summed E-state index contributed by atoms with van der Waals surface area (Å²) in [5, 5.41) is 29.9. The van der Waals surface area contributed by atoms with Crippen LogP contribution in [0.25, 0.3) is 0 Å². The summed E-state index contributed by atoms with van der Waals surface area (Å²) in [5.74, 6) is 0. The van der Waals surface area contributed by atoms with Gasteiger partial charge in [0.05, 0.1) is 17.7 Å². The Morgan fingerprint density at radius 1 is 1.25 bits per heavy atom. The number of aliphatic hydroxyl groups is 3. The van der Waals surface area contributed by atoms with Gasteiger partial charge in [-0.3, -0.25) is 0 Å². The van der Waals surface area contributed by atoms with Gasteiger partial charge in [0.2, 0.25) is 0 Å². The predicted molar refractivity (Wildman–Crippen MR) is 78.1 cm³/mol. The van der Waals surface area contributed by atoms with Crippen LogP contribution in [0.15, 0.2) is 23.1 Å². The lowest BCUT2D eigenvalue weighted by Crippen LogP contribution is -2.61. The van der Waals surface area contributed by atoms with Crippen molar-refractivity contribution in [3.8, 4) is 0 Å². The van der Waals surface area contributed by atoms with E-state index in [1.807, 2.05) is 0 Å². The van der Waals surface area contributed by atoms with Gasteiger partial charge >= 0.3 is 0 Å². The number of thioether (sulfide) groups is 1. The molecule has 1 aromatic carbocycles. The molecule has 1 saturated heterocycles. The van der Waals surface area contributed by atoms with Gasteiger partial charge in [-0.05, 0) is 18.2 Å². The normalized spacial score (nSPS) is 34.2. The molecule has 5 N–H and O–H groups in total. The fraction of sp³-hybridized carbons (Fsp3) is 0.500. The number of ether oxygens (including phenoxy) is 1. The summed E-state index contributed by atoms with van der Waals surface area (Å²) in [6.07, 6.45) is -3.03. The molecule has 5 nitrogen and oxygen atoms in total. The Bertz CT molecular complexity index is 477. The van der Waals surface area contributed by atoms with E-state index >= 15 is 0 Å². The topological polar surface area (TPSA) is 95.9 Å². The zero-order valence-corrected chi connectivity index (χ0v) is 12.6. The largest absolute Gasteiger partial charge is 0.394 e. The molecule has 0 aliphatic carbocycles. The lowest BCUT2D eigenvalue weighted by Gasteiger charge is -2.40. The van der Waals surface area contributed by atoms with Gasteiger partial charge in [-0.15, -0.1) is 0 Å². The van der Waals surface area contributed by atoms with Gasteiger partial charge in [-0.2, -0.15) is 0 Å². The third-order valence-corrected chi connectivity index (χ3v) is 4.97. The molecule has 1 aliphatic heterocycles. The second-order valence-corrected chi connectivity index (χ2v) is 6.46. The quantitative estimate of drug-likeness (QED) is 0.652. The molecule has 0 bridgehead atoms. The number of benzene rings is 1. The first kappa shape index (κ1) is 16.3. The summed E-state index contributed by atoms with van der Waals surface area (Å²) in [4.78, 5) is 0.667. The first-order valence-electron chi connectivity index (χ1n) is 5.93. The van der Waals surface area contributed by atoms with E-state index < -0.39 is 29.8 Å². The van der Waals surface area contributed by atoms with Crippen LogP contribution in [0.5, 0.6) is 0 Å². The Labute approximate surface area is 130 Å². The molecule has 0 aromatic heterocycles. The average Bonchev–Trinajstić information content (AvgIpc) is 2.42. The maximum atomic E-state index is 10.0. The van der Waals surface area contributed by atoms with Crippen molar-refractivity contribution in [3.05, 3.63) is 28.2 Å². The smallest absolute Gasteiger partial charge is 0.135 e. The zero-order chi connectivity index (χ0) is 14.9. The first-order valence-corrected chi connectivity index (χ1v) is 7.57. The van der Waals surface area contributed by atoms with E-state index in [-0.39, 0.29) is 6.61 Å². The molecule has 2 rings (SSSR count). The van der Waals surface area contributed by atoms with Gasteiger partial charge in [0.25, 0.3) is 0 Å². The molecule has 1 aromatic rings. The van der Waals surface area contributed by atoms with Gasteiger partial charge in [-0.1, -0.05) is 35.0 Å². The summed E-state index contributed by atoms with van der Waals surface area (Å²) in [7, 11) is 0. The van der Waals surface area contributed by atoms with Gasteiger partial charge in [0.15, 0.2) is 0 Å². The summed E-state index contributed by atoms with van der Waals surface area (Å²) in [6.45, 7) is -0.382. The molecule has 5 atom stereocenters. The first-order chi connectivity index (χ1) is 9.43. The van der Waals surface area contributed by atoms with Crippen LogP contribution in [0.4, 0.5) is 0 Å². The minimum atomic E-state index is -1.12. The van der Waals surface area contributed by atoms with Crippen LogP contribution in [-0.2, 0) is 4.74 Å². The molecule has 0 amide bonds. The highest BCUT2D eigenvalue weighted by Gasteiger charge is 2.42. The highest BCUT2D eigenvalue weighted by Crippen LogP contribution is 2.37. The molecule has 0 saturated carbocycles. The van der Waals surface area contributed by atoms with Crippen LogP contribution < -0.4 is 5.73 Å². The van der Waals surface area contributed by atoms with E-state index in [4.69, 9.17) is 38.8 Å². The summed E-state index contributed by atoms with van der Waals surface area (Å²) < 4.78 is 5.46. The van der Waals surface area contributed by atoms with Crippen LogP contribution in [0.3, 0.4) is 0 Å². The van der Waals surface area contributed by atoms with Gasteiger partial charge in [0, 0.05) is 9.92 Å². The molecule has 5 unspecified atom stereocenters. The minimum absolute atomic E-state index is 0.382. The van der Waals surface area contributed by atoms with Gasteiger partial charge in [0.1, 0.15) is 23.7 Å². The molecular weight excluding hydrogens is 325 g/mol. The van der Waals surface area contributed by atoms with Crippen molar-refractivity contribution in [2.45, 2.75) is 34.7 Å². The van der Waals surface area contributed by atoms with Crippen molar-refractivity contribution in [2.24, 2.45) is 5.73 Å². The van der Waals surface area contributed by atoms with Gasteiger partial charge in [-0.25, -0.2) is 0 Å². The Morgan fingerprint density at radius 2 is 1.95 bits per heavy atom. The van der Waals surface area contributed by atoms with E-state index in [9.17, 15) is 10.2 Å². The van der Waals surface area contributed by atoms with Gasteiger partial charge < -0.3 is 25.8 Å². The van der Waals surface area contributed by atoms with Crippen LogP contribution in [-0.4, -0.2) is 51.7 Å². The fourth-order valence-corrected chi connectivity index (χ4v) is 3.54. The highest BCUT2D eigenvalue weighted by atomic mass is 35.5. The van der Waals surface area contributed by atoms with E-state index in [2.05, 4.69) is 0 Å². The van der Waals surface area contributed by atoms with Crippen molar-refractivity contribution >= 4 is 35.0 Å². The minimum Gasteiger partial charge on any atom is -0.394 e. The lowest BCUT2D eigenvalue weighted by molar-refractivity contribution is -0.160. The molecule has 20 heavy (non-hydrogen) atoms. The number of hydrogen-bond donors (Lipinski definition) is 4. The number of aliphatic hydroxyl groups excluding tert-OH is 3. The summed E-state index contributed by atoms with van der Waals surface area (Å²) in [6, 6.07) is 4.06. The van der Waals surface area contributed by atoms with E-state index in [1.165, 1.54) is 11.8 Å². The Kier molecular flexibility index (Phi) is 5.56. The maximum absolute atomic E-state index is 10.0. The summed E-state index contributed by atoms with van der Waals surface area (Å²) in [5.41, 5.74) is 5.00. The lowest BCUT2D eigenvalue weighted by atomic mass is 9.98. The summed E-state index contributed by atoms with van der Waals surface area (Å²) >= 11 is 13.0. The predicted octanol–water partition coefficient (Wildman–Crippen LogP) is 0.852. The van der Waals surface area contributed by atoms with Crippen LogP contribution in [0.2, 0.25) is 10.0 Å². The third-order valence-electron chi connectivity index (χ3n) is 3.07. The van der Waals surface area contributed by atoms with E-state index in [0.717, 1.165) is 0 Å². The van der Waals surface area contributed by atoms with Crippen molar-refractivity contribution in [3.63, 3.8) is 0 Å². The van der Waals surface area contributed by atoms with Crippen molar-refractivity contribution in [1.82, 2.24) is 0 Å². The molecule has 0 spiro atoms. The van der Waals surface area contributed by atoms with Crippen molar-refractivity contribution in [1.29, 1.82) is 0 Å². The average molecular weight is 340 g/mol. The second-order valence-electron chi connectivity index (χ2n) is 4.48. The number of rotatable bonds is 3. The molecule has 1 fully saturated rings. The standard InChI is InChI=1S/C12H15Cl2NO4S/c13-5-1-2-8(6(14)3-5)20-12-11(18)9(15)10(17)7(4-16)19-12/h1-3,7,9-12,16-18H,4,15H2. The SMILES string of the molecule is NC1C(O)C(CO)OC(Sc2ccc(Cl)cc2Cl)C1O. The highest BCUT2D eigenvalue weighted by molar-refractivity contribution is 8.00. The third kappa shape index (κ3) is 3.40. The van der Waals surface area contributed by atoms with E-state index in [0.29, 0.717) is 14.9 Å². The monoisotopic (exact) mass is 339 g/mol. The fourth-order valence-electron chi connectivity index (χ4n) is 1.91. The Hall–Kier alpha value is -0.0500. The molecular formula is C12H15Cl2NO4S. The Balaban J connectivity index is 2.15. The van der Waals surface area contributed by atoms with Crippen LogP contribution >= 0.6 is 35.0 Å².